The molecule has 2 rings (SSSR count). The smallest absolute Gasteiger partial charge is 0.123 e. The molecule has 2 aromatic rings. The Bertz CT molecular complexity index is 534. The molecule has 0 spiro atoms. The van der Waals surface area contributed by atoms with Crippen molar-refractivity contribution in [2.45, 2.75) is 20.4 Å². The maximum atomic E-state index is 9.84. The Hall–Kier alpha value is -1.68. The van der Waals surface area contributed by atoms with E-state index in [1.807, 2.05) is 37.4 Å². The van der Waals surface area contributed by atoms with E-state index in [-0.39, 0.29) is 0 Å². The molecule has 3 nitrogen and oxygen atoms in total. The third-order valence-electron chi connectivity index (χ3n) is 2.85. The molecule has 1 aromatic carbocycles. The van der Waals surface area contributed by atoms with Crippen LogP contribution in [0.15, 0.2) is 23.6 Å². The molecule has 4 N–H and O–H groups in total. The Morgan fingerprint density at radius 2 is 2.06 bits per heavy atom. The third kappa shape index (κ3) is 2.36. The number of thiophene rings is 1. The molecule has 0 fully saturated rings. The number of aromatic hydroxyl groups is 1. The Kier molecular flexibility index (Phi) is 3.24. The zero-order chi connectivity index (χ0) is 12.4. The van der Waals surface area contributed by atoms with E-state index >= 15 is 0 Å². The molecular weight excluding hydrogens is 232 g/mol. The number of nitrogen functional groups attached to an aromatic ring is 1. The zero-order valence-corrected chi connectivity index (χ0v) is 10.8. The quantitative estimate of drug-likeness (QED) is 0.781. The van der Waals surface area contributed by atoms with Gasteiger partial charge in [0.25, 0.3) is 0 Å². The van der Waals surface area contributed by atoms with Gasteiger partial charge in [0.1, 0.15) is 5.75 Å². The van der Waals surface area contributed by atoms with E-state index in [2.05, 4.69) is 5.32 Å². The molecule has 0 saturated heterocycles. The summed E-state index contributed by atoms with van der Waals surface area (Å²) < 4.78 is 0. The van der Waals surface area contributed by atoms with Crippen LogP contribution in [0, 0.1) is 13.8 Å². The molecule has 0 amide bonds. The van der Waals surface area contributed by atoms with Crippen LogP contribution >= 0.6 is 11.3 Å². The molecule has 0 bridgehead atoms. The van der Waals surface area contributed by atoms with Crippen molar-refractivity contribution in [3.8, 4) is 5.75 Å². The van der Waals surface area contributed by atoms with E-state index in [4.69, 9.17) is 5.73 Å². The molecule has 1 heterocycles. The molecule has 0 aliphatic heterocycles. The molecule has 0 aliphatic rings. The minimum absolute atomic E-state index is 0.356. The monoisotopic (exact) mass is 248 g/mol. The van der Waals surface area contributed by atoms with E-state index in [1.54, 1.807) is 11.3 Å². The largest absolute Gasteiger partial charge is 0.507 e. The lowest BCUT2D eigenvalue weighted by atomic mass is 10.1. The number of rotatable bonds is 3. The van der Waals surface area contributed by atoms with Crippen LogP contribution in [0.4, 0.5) is 11.4 Å². The van der Waals surface area contributed by atoms with Crippen LogP contribution in [0.5, 0.6) is 5.75 Å². The van der Waals surface area contributed by atoms with Gasteiger partial charge in [-0.3, -0.25) is 0 Å². The normalized spacial score (nSPS) is 10.5. The highest BCUT2D eigenvalue weighted by atomic mass is 32.1. The molecule has 90 valence electrons. The number of nitrogens with one attached hydrogen (secondary N) is 1. The molecule has 0 radical (unpaired) electrons. The average Bonchev–Trinajstić information content (AvgIpc) is 2.71. The van der Waals surface area contributed by atoms with Crippen LogP contribution in [0.25, 0.3) is 0 Å². The van der Waals surface area contributed by atoms with Gasteiger partial charge in [0.15, 0.2) is 0 Å². The SMILES string of the molecule is Cc1ccc(NCc2sccc2N)c(C)c1O. The van der Waals surface area contributed by atoms with Crippen molar-refractivity contribution in [1.29, 1.82) is 0 Å². The van der Waals surface area contributed by atoms with Gasteiger partial charge in [0, 0.05) is 21.8 Å². The van der Waals surface area contributed by atoms with Crippen molar-refractivity contribution in [3.63, 3.8) is 0 Å². The number of hydrogen-bond acceptors (Lipinski definition) is 4. The number of aryl methyl sites for hydroxylation is 1. The van der Waals surface area contributed by atoms with Crippen LogP contribution < -0.4 is 11.1 Å². The van der Waals surface area contributed by atoms with Crippen molar-refractivity contribution in [2.24, 2.45) is 0 Å². The van der Waals surface area contributed by atoms with Gasteiger partial charge in [-0.05, 0) is 36.9 Å². The van der Waals surface area contributed by atoms with E-state index in [1.165, 1.54) is 0 Å². The molecule has 0 saturated carbocycles. The van der Waals surface area contributed by atoms with Crippen molar-refractivity contribution < 1.29 is 5.11 Å². The Labute approximate surface area is 105 Å². The molecule has 1 aromatic heterocycles. The first-order chi connectivity index (χ1) is 8.09. The minimum Gasteiger partial charge on any atom is -0.507 e. The molecular formula is C13H16N2OS. The minimum atomic E-state index is 0.356. The fraction of sp³-hybridized carbons (Fsp3) is 0.231. The zero-order valence-electron chi connectivity index (χ0n) is 9.95. The summed E-state index contributed by atoms with van der Waals surface area (Å²) in [5, 5.41) is 15.1. The fourth-order valence-corrected chi connectivity index (χ4v) is 2.44. The number of phenolic OH excluding ortho intramolecular Hbond substituents is 1. The number of nitrogens with two attached hydrogens (primary N) is 1. The summed E-state index contributed by atoms with van der Waals surface area (Å²) in [4.78, 5) is 1.12. The third-order valence-corrected chi connectivity index (χ3v) is 3.79. The Morgan fingerprint density at radius 3 is 2.71 bits per heavy atom. The van der Waals surface area contributed by atoms with Gasteiger partial charge in [0.05, 0.1) is 6.54 Å². The Balaban J connectivity index is 2.15. The van der Waals surface area contributed by atoms with Gasteiger partial charge >= 0.3 is 0 Å². The van der Waals surface area contributed by atoms with Crippen LogP contribution in [0.3, 0.4) is 0 Å². The molecule has 17 heavy (non-hydrogen) atoms. The van der Waals surface area contributed by atoms with Crippen molar-refractivity contribution in [2.75, 3.05) is 11.1 Å². The van der Waals surface area contributed by atoms with Crippen LogP contribution in [0.1, 0.15) is 16.0 Å². The first-order valence-electron chi connectivity index (χ1n) is 5.44. The molecule has 0 unspecified atom stereocenters. The predicted octanol–water partition coefficient (Wildman–Crippen LogP) is 3.26. The molecule has 0 aliphatic carbocycles. The van der Waals surface area contributed by atoms with Crippen molar-refractivity contribution in [1.82, 2.24) is 0 Å². The first kappa shape index (κ1) is 11.8. The van der Waals surface area contributed by atoms with Gasteiger partial charge in [-0.25, -0.2) is 0 Å². The van der Waals surface area contributed by atoms with Crippen LogP contribution in [-0.2, 0) is 6.54 Å². The predicted molar refractivity (Wildman–Crippen MR) is 73.6 cm³/mol. The maximum Gasteiger partial charge on any atom is 0.123 e. The van der Waals surface area contributed by atoms with Gasteiger partial charge < -0.3 is 16.2 Å². The van der Waals surface area contributed by atoms with Crippen LogP contribution in [0.2, 0.25) is 0 Å². The number of benzene rings is 1. The summed E-state index contributed by atoms with van der Waals surface area (Å²) in [7, 11) is 0. The topological polar surface area (TPSA) is 58.3 Å². The number of hydrogen-bond donors (Lipinski definition) is 3. The summed E-state index contributed by atoms with van der Waals surface area (Å²) in [5.74, 6) is 0.356. The summed E-state index contributed by atoms with van der Waals surface area (Å²) in [6.45, 7) is 4.48. The van der Waals surface area contributed by atoms with E-state index in [0.717, 1.165) is 27.4 Å². The van der Waals surface area contributed by atoms with Gasteiger partial charge in [-0.15, -0.1) is 11.3 Å². The second kappa shape index (κ2) is 4.67. The maximum absolute atomic E-state index is 9.84. The highest BCUT2D eigenvalue weighted by molar-refractivity contribution is 7.10. The second-order valence-corrected chi connectivity index (χ2v) is 5.06. The van der Waals surface area contributed by atoms with Crippen molar-refractivity contribution in [3.05, 3.63) is 39.6 Å². The van der Waals surface area contributed by atoms with Gasteiger partial charge in [0.2, 0.25) is 0 Å². The standard InChI is InChI=1S/C13H16N2OS/c1-8-3-4-11(9(2)13(8)16)15-7-12-10(14)5-6-17-12/h3-6,15-16H,7,14H2,1-2H3. The van der Waals surface area contributed by atoms with Crippen molar-refractivity contribution >= 4 is 22.7 Å². The lowest BCUT2D eigenvalue weighted by molar-refractivity contribution is 0.467. The molecule has 0 atom stereocenters. The average molecular weight is 248 g/mol. The fourth-order valence-electron chi connectivity index (χ4n) is 1.70. The van der Waals surface area contributed by atoms with Crippen LogP contribution in [-0.4, -0.2) is 5.11 Å². The summed E-state index contributed by atoms with van der Waals surface area (Å²) in [6.07, 6.45) is 0. The Morgan fingerprint density at radius 1 is 1.29 bits per heavy atom. The highest BCUT2D eigenvalue weighted by Gasteiger charge is 2.06. The van der Waals surface area contributed by atoms with Gasteiger partial charge in [-0.2, -0.15) is 0 Å². The molecule has 4 heteroatoms. The summed E-state index contributed by atoms with van der Waals surface area (Å²) in [6, 6.07) is 5.79. The van der Waals surface area contributed by atoms with E-state index in [9.17, 15) is 5.11 Å². The lowest BCUT2D eigenvalue weighted by Crippen LogP contribution is -2.01. The highest BCUT2D eigenvalue weighted by Crippen LogP contribution is 2.29. The van der Waals surface area contributed by atoms with E-state index < -0.39 is 0 Å². The number of phenols is 1. The first-order valence-corrected chi connectivity index (χ1v) is 6.32. The van der Waals surface area contributed by atoms with E-state index in [0.29, 0.717) is 12.3 Å². The second-order valence-electron chi connectivity index (χ2n) is 4.06. The number of anilines is 2. The summed E-state index contributed by atoms with van der Waals surface area (Å²) in [5.41, 5.74) is 9.35. The lowest BCUT2D eigenvalue weighted by Gasteiger charge is -2.12. The van der Waals surface area contributed by atoms with Gasteiger partial charge in [-0.1, -0.05) is 6.07 Å². The summed E-state index contributed by atoms with van der Waals surface area (Å²) >= 11 is 1.63.